The maximum Gasteiger partial charge on any atom is 0.188 e. The van der Waals surface area contributed by atoms with E-state index < -0.39 is 0 Å². The van der Waals surface area contributed by atoms with Gasteiger partial charge in [-0.3, -0.25) is 0 Å². The van der Waals surface area contributed by atoms with Gasteiger partial charge in [0.05, 0.1) is 6.10 Å². The molecule has 2 nitrogen and oxygen atoms in total. The minimum Gasteiger partial charge on any atom is -0.478 e. The highest BCUT2D eigenvalue weighted by molar-refractivity contribution is 5.78. The molecule has 1 heterocycles. The fourth-order valence-electron chi connectivity index (χ4n) is 1.06. The zero-order valence-electron chi connectivity index (χ0n) is 7.42. The molecule has 0 atom stereocenters. The number of ether oxygens (including phenoxy) is 1. The van der Waals surface area contributed by atoms with Crippen molar-refractivity contribution in [3.63, 3.8) is 0 Å². The van der Waals surface area contributed by atoms with E-state index >= 15 is 0 Å². The van der Waals surface area contributed by atoms with Crippen LogP contribution in [-0.2, 0) is 4.74 Å². The number of allylic oxidation sites excluding steroid dienone is 2. The number of nitrogens with zero attached hydrogens (tertiary/aromatic N) is 1. The summed E-state index contributed by atoms with van der Waals surface area (Å²) in [4.78, 5) is 4.28. The lowest BCUT2D eigenvalue weighted by Crippen LogP contribution is -2.13. The molecule has 0 bridgehead atoms. The van der Waals surface area contributed by atoms with Crippen LogP contribution in [0, 0.1) is 0 Å². The number of aliphatic imine (C=N–C) groups is 1. The molecular weight excluding hydrogens is 138 g/mol. The van der Waals surface area contributed by atoms with Crippen LogP contribution in [0.1, 0.15) is 33.6 Å². The summed E-state index contributed by atoms with van der Waals surface area (Å²) in [5.74, 6) is 0.889. The Labute approximate surface area is 68.0 Å². The molecule has 0 unspecified atom stereocenters. The van der Waals surface area contributed by atoms with Crippen LogP contribution in [0.3, 0.4) is 0 Å². The second-order valence-electron chi connectivity index (χ2n) is 3.06. The number of hydrogen-bond donors (Lipinski definition) is 0. The minimum atomic E-state index is 0.250. The average Bonchev–Trinajstić information content (AvgIpc) is 1.85. The van der Waals surface area contributed by atoms with Gasteiger partial charge in [-0.1, -0.05) is 6.08 Å². The molecule has 2 heteroatoms. The highest BCUT2D eigenvalue weighted by Gasteiger charge is 2.06. The summed E-state index contributed by atoms with van der Waals surface area (Å²) in [7, 11) is 0. The van der Waals surface area contributed by atoms with E-state index in [2.05, 4.69) is 11.1 Å². The van der Waals surface area contributed by atoms with Crippen LogP contribution >= 0.6 is 0 Å². The molecule has 0 saturated heterocycles. The highest BCUT2D eigenvalue weighted by atomic mass is 16.5. The lowest BCUT2D eigenvalue weighted by atomic mass is 10.2. The zero-order valence-corrected chi connectivity index (χ0v) is 7.42. The van der Waals surface area contributed by atoms with Crippen molar-refractivity contribution in [1.82, 2.24) is 0 Å². The summed E-state index contributed by atoms with van der Waals surface area (Å²) in [6.07, 6.45) is 4.40. The van der Waals surface area contributed by atoms with Crippen LogP contribution in [-0.4, -0.2) is 12.0 Å². The first kappa shape index (κ1) is 8.31. The molecule has 11 heavy (non-hydrogen) atoms. The molecule has 1 rings (SSSR count). The standard InChI is InChI=1S/C9H15NO/c1-7(2)11-9-6-4-5-8(3)10-9/h5,7H,4,6H2,1-3H3. The van der Waals surface area contributed by atoms with Crippen LogP contribution in [0.2, 0.25) is 0 Å². The van der Waals surface area contributed by atoms with Gasteiger partial charge in [-0.2, -0.15) is 0 Å². The second-order valence-corrected chi connectivity index (χ2v) is 3.06. The SMILES string of the molecule is CC1=CCCC(OC(C)C)=N1. The van der Waals surface area contributed by atoms with Crippen molar-refractivity contribution in [2.24, 2.45) is 4.99 Å². The van der Waals surface area contributed by atoms with E-state index in [0.29, 0.717) is 0 Å². The van der Waals surface area contributed by atoms with Gasteiger partial charge in [0.15, 0.2) is 5.90 Å². The first-order valence-corrected chi connectivity index (χ1v) is 4.09. The second kappa shape index (κ2) is 3.56. The van der Waals surface area contributed by atoms with E-state index in [1.807, 2.05) is 20.8 Å². The quantitative estimate of drug-likeness (QED) is 0.567. The Hall–Kier alpha value is -0.790. The van der Waals surface area contributed by atoms with Crippen molar-refractivity contribution in [2.45, 2.75) is 39.7 Å². The Balaban J connectivity index is 2.51. The third-order valence-corrected chi connectivity index (χ3v) is 1.47. The number of hydrogen-bond acceptors (Lipinski definition) is 2. The predicted molar refractivity (Wildman–Crippen MR) is 46.6 cm³/mol. The van der Waals surface area contributed by atoms with Crippen LogP contribution < -0.4 is 0 Å². The molecule has 1 aliphatic rings. The van der Waals surface area contributed by atoms with Gasteiger partial charge in [-0.15, -0.1) is 0 Å². The van der Waals surface area contributed by atoms with Crippen molar-refractivity contribution in [1.29, 1.82) is 0 Å². The molecule has 0 aromatic heterocycles. The van der Waals surface area contributed by atoms with Gasteiger partial charge >= 0.3 is 0 Å². The Morgan fingerprint density at radius 3 is 2.82 bits per heavy atom. The third kappa shape index (κ3) is 2.74. The van der Waals surface area contributed by atoms with E-state index in [-0.39, 0.29) is 6.10 Å². The third-order valence-electron chi connectivity index (χ3n) is 1.47. The first-order chi connectivity index (χ1) is 5.18. The van der Waals surface area contributed by atoms with Gasteiger partial charge in [0.25, 0.3) is 0 Å². The van der Waals surface area contributed by atoms with E-state index in [1.165, 1.54) is 0 Å². The Morgan fingerprint density at radius 2 is 2.27 bits per heavy atom. The Kier molecular flexibility index (Phi) is 2.69. The van der Waals surface area contributed by atoms with Crippen LogP contribution in [0.5, 0.6) is 0 Å². The van der Waals surface area contributed by atoms with E-state index in [1.54, 1.807) is 0 Å². The lowest BCUT2D eigenvalue weighted by molar-refractivity contribution is 0.220. The molecule has 0 fully saturated rings. The summed E-state index contributed by atoms with van der Waals surface area (Å²) >= 11 is 0. The largest absolute Gasteiger partial charge is 0.478 e. The fraction of sp³-hybridized carbons (Fsp3) is 0.667. The Morgan fingerprint density at radius 1 is 1.55 bits per heavy atom. The molecule has 62 valence electrons. The predicted octanol–water partition coefficient (Wildman–Crippen LogP) is 2.51. The lowest BCUT2D eigenvalue weighted by Gasteiger charge is -2.14. The summed E-state index contributed by atoms with van der Waals surface area (Å²) in [6.45, 7) is 6.05. The maximum absolute atomic E-state index is 5.47. The maximum atomic E-state index is 5.47. The fourth-order valence-corrected chi connectivity index (χ4v) is 1.06. The summed E-state index contributed by atoms with van der Waals surface area (Å²) in [6, 6.07) is 0. The van der Waals surface area contributed by atoms with Gasteiger partial charge in [-0.25, -0.2) is 4.99 Å². The van der Waals surface area contributed by atoms with E-state index in [0.717, 1.165) is 24.4 Å². The molecule has 0 aromatic carbocycles. The summed E-state index contributed by atoms with van der Waals surface area (Å²) < 4.78 is 5.47. The molecule has 0 N–H and O–H groups in total. The van der Waals surface area contributed by atoms with Crippen molar-refractivity contribution in [3.05, 3.63) is 11.8 Å². The topological polar surface area (TPSA) is 21.6 Å². The van der Waals surface area contributed by atoms with E-state index in [4.69, 9.17) is 4.74 Å². The molecule has 0 saturated carbocycles. The summed E-state index contributed by atoms with van der Waals surface area (Å²) in [5.41, 5.74) is 1.08. The van der Waals surface area contributed by atoms with E-state index in [9.17, 15) is 0 Å². The molecular formula is C9H15NO. The first-order valence-electron chi connectivity index (χ1n) is 4.09. The van der Waals surface area contributed by atoms with Gasteiger partial charge < -0.3 is 4.74 Å². The van der Waals surface area contributed by atoms with Crippen molar-refractivity contribution in [2.75, 3.05) is 0 Å². The van der Waals surface area contributed by atoms with Crippen molar-refractivity contribution in [3.8, 4) is 0 Å². The van der Waals surface area contributed by atoms with Gasteiger partial charge in [0, 0.05) is 12.1 Å². The van der Waals surface area contributed by atoms with Crippen molar-refractivity contribution >= 4 is 5.90 Å². The molecule has 0 spiro atoms. The van der Waals surface area contributed by atoms with Crippen molar-refractivity contribution < 1.29 is 4.74 Å². The smallest absolute Gasteiger partial charge is 0.188 e. The average molecular weight is 153 g/mol. The highest BCUT2D eigenvalue weighted by Crippen LogP contribution is 2.11. The van der Waals surface area contributed by atoms with Crippen LogP contribution in [0.25, 0.3) is 0 Å². The van der Waals surface area contributed by atoms with Crippen LogP contribution in [0.15, 0.2) is 16.8 Å². The Bertz CT molecular complexity index is 192. The number of rotatable bonds is 1. The zero-order chi connectivity index (χ0) is 8.27. The molecule has 0 radical (unpaired) electrons. The van der Waals surface area contributed by atoms with Crippen LogP contribution in [0.4, 0.5) is 0 Å². The van der Waals surface area contributed by atoms with Gasteiger partial charge in [-0.05, 0) is 27.2 Å². The minimum absolute atomic E-state index is 0.250. The molecule has 0 aromatic rings. The molecule has 0 aliphatic carbocycles. The monoisotopic (exact) mass is 153 g/mol. The van der Waals surface area contributed by atoms with Gasteiger partial charge in [0.1, 0.15) is 0 Å². The molecule has 1 aliphatic heterocycles. The molecule has 0 amide bonds. The van der Waals surface area contributed by atoms with Gasteiger partial charge in [0.2, 0.25) is 0 Å². The normalized spacial score (nSPS) is 17.8. The summed E-state index contributed by atoms with van der Waals surface area (Å²) in [5, 5.41) is 0.